The Morgan fingerprint density at radius 2 is 2.32 bits per heavy atom. The van der Waals surface area contributed by atoms with Gasteiger partial charge in [-0.2, -0.15) is 0 Å². The maximum absolute atomic E-state index is 13.6. The summed E-state index contributed by atoms with van der Waals surface area (Å²) in [6.07, 6.45) is 1.62. The first-order chi connectivity index (χ1) is 9.10. The van der Waals surface area contributed by atoms with E-state index in [1.807, 2.05) is 6.92 Å². The Hall–Kier alpha value is -1.76. The number of halogens is 2. The van der Waals surface area contributed by atoms with Crippen LogP contribution in [0.15, 0.2) is 22.7 Å². The lowest BCUT2D eigenvalue weighted by Gasteiger charge is -2.04. The fourth-order valence-electron chi connectivity index (χ4n) is 1.51. The van der Waals surface area contributed by atoms with Crippen molar-refractivity contribution in [1.29, 1.82) is 0 Å². The summed E-state index contributed by atoms with van der Waals surface area (Å²) in [6.45, 7) is 2.00. The molecule has 0 bridgehead atoms. The van der Waals surface area contributed by atoms with Gasteiger partial charge in [-0.25, -0.2) is 9.37 Å². The number of carbonyl (C=O) groups is 1. The molecule has 1 heterocycles. The first kappa shape index (κ1) is 13.7. The first-order valence-corrected chi connectivity index (χ1v) is 6.57. The summed E-state index contributed by atoms with van der Waals surface area (Å²) in [5.74, 6) is -0.415. The molecule has 1 amide bonds. The van der Waals surface area contributed by atoms with Crippen molar-refractivity contribution in [2.45, 2.75) is 19.8 Å². The Kier molecular flexibility index (Phi) is 4.26. The normalized spacial score (nSPS) is 10.5. The summed E-state index contributed by atoms with van der Waals surface area (Å²) < 4.78 is 14.2. The van der Waals surface area contributed by atoms with Crippen LogP contribution in [0.4, 0.5) is 10.1 Å². The van der Waals surface area contributed by atoms with Gasteiger partial charge < -0.3 is 5.32 Å². The highest BCUT2D eigenvalue weighted by Gasteiger charge is 2.14. The third-order valence-electron chi connectivity index (χ3n) is 2.40. The topological polar surface area (TPSA) is 70.7 Å². The van der Waals surface area contributed by atoms with E-state index in [-0.39, 0.29) is 11.5 Å². The lowest BCUT2D eigenvalue weighted by molar-refractivity contribution is 0.101. The molecule has 0 spiro atoms. The van der Waals surface area contributed by atoms with Crippen molar-refractivity contribution < 1.29 is 9.18 Å². The number of amides is 1. The molecule has 19 heavy (non-hydrogen) atoms. The largest absolute Gasteiger partial charge is 0.317 e. The van der Waals surface area contributed by atoms with E-state index in [1.54, 1.807) is 6.07 Å². The Morgan fingerprint density at radius 3 is 3.00 bits per heavy atom. The van der Waals surface area contributed by atoms with E-state index in [4.69, 9.17) is 0 Å². The van der Waals surface area contributed by atoms with E-state index in [1.165, 1.54) is 12.1 Å². The zero-order chi connectivity index (χ0) is 13.8. The van der Waals surface area contributed by atoms with Crippen LogP contribution in [-0.2, 0) is 6.42 Å². The standard InChI is InChI=1S/C12H12BrFN4O/c1-2-3-10-16-11(18-17-10)12(19)15-9-5-4-7(13)6-8(9)14/h4-6H,2-3H2,1H3,(H,15,19)(H,16,17,18). The molecule has 1 aromatic heterocycles. The average molecular weight is 327 g/mol. The summed E-state index contributed by atoms with van der Waals surface area (Å²) in [4.78, 5) is 15.9. The number of anilines is 1. The van der Waals surface area contributed by atoms with Crippen LogP contribution in [0.25, 0.3) is 0 Å². The fourth-order valence-corrected chi connectivity index (χ4v) is 1.85. The van der Waals surface area contributed by atoms with Crippen LogP contribution >= 0.6 is 15.9 Å². The molecule has 0 saturated carbocycles. The van der Waals surface area contributed by atoms with Gasteiger partial charge >= 0.3 is 0 Å². The number of aromatic amines is 1. The minimum atomic E-state index is -0.542. The third kappa shape index (κ3) is 3.37. The van der Waals surface area contributed by atoms with Crippen molar-refractivity contribution in [2.24, 2.45) is 0 Å². The van der Waals surface area contributed by atoms with Crippen LogP contribution < -0.4 is 5.32 Å². The number of hydrogen-bond donors (Lipinski definition) is 2. The summed E-state index contributed by atoms with van der Waals surface area (Å²) in [6, 6.07) is 4.38. The van der Waals surface area contributed by atoms with Gasteiger partial charge in [0.15, 0.2) is 0 Å². The Balaban J connectivity index is 2.11. The van der Waals surface area contributed by atoms with Crippen LogP contribution in [-0.4, -0.2) is 21.1 Å². The predicted molar refractivity (Wildman–Crippen MR) is 72.4 cm³/mol. The molecule has 0 unspecified atom stereocenters. The number of aryl methyl sites for hydroxylation is 1. The quantitative estimate of drug-likeness (QED) is 0.907. The number of benzene rings is 1. The van der Waals surface area contributed by atoms with Gasteiger partial charge in [0.25, 0.3) is 5.91 Å². The molecule has 2 aromatic rings. The minimum absolute atomic E-state index is 0.00534. The molecule has 0 radical (unpaired) electrons. The SMILES string of the molecule is CCCc1nc(C(=O)Nc2ccc(Br)cc2F)n[nH]1. The van der Waals surface area contributed by atoms with Crippen molar-refractivity contribution in [3.05, 3.63) is 40.1 Å². The fraction of sp³-hybridized carbons (Fsp3) is 0.250. The number of rotatable bonds is 4. The highest BCUT2D eigenvalue weighted by Crippen LogP contribution is 2.19. The maximum Gasteiger partial charge on any atom is 0.295 e. The van der Waals surface area contributed by atoms with Gasteiger partial charge in [-0.1, -0.05) is 22.9 Å². The average Bonchev–Trinajstić information content (AvgIpc) is 2.82. The molecule has 0 fully saturated rings. The molecule has 1 aromatic carbocycles. The number of hydrogen-bond acceptors (Lipinski definition) is 3. The predicted octanol–water partition coefficient (Wildman–Crippen LogP) is 2.91. The van der Waals surface area contributed by atoms with Crippen molar-refractivity contribution in [2.75, 3.05) is 5.32 Å². The zero-order valence-electron chi connectivity index (χ0n) is 10.2. The molecule has 0 aliphatic carbocycles. The molecule has 0 saturated heterocycles. The van der Waals surface area contributed by atoms with Crippen LogP contribution in [0.3, 0.4) is 0 Å². The van der Waals surface area contributed by atoms with Crippen LogP contribution in [0, 0.1) is 5.82 Å². The second kappa shape index (κ2) is 5.92. The van der Waals surface area contributed by atoms with E-state index in [0.717, 1.165) is 6.42 Å². The number of nitrogens with one attached hydrogen (secondary N) is 2. The monoisotopic (exact) mass is 326 g/mol. The molecule has 7 heteroatoms. The lowest BCUT2D eigenvalue weighted by atomic mass is 10.3. The van der Waals surface area contributed by atoms with E-state index in [9.17, 15) is 9.18 Å². The highest BCUT2D eigenvalue weighted by molar-refractivity contribution is 9.10. The summed E-state index contributed by atoms with van der Waals surface area (Å²) in [5.41, 5.74) is 0.0926. The number of aromatic nitrogens is 3. The van der Waals surface area contributed by atoms with Gasteiger partial charge in [-0.15, -0.1) is 5.10 Å². The van der Waals surface area contributed by atoms with Gasteiger partial charge in [-0.3, -0.25) is 9.89 Å². The van der Waals surface area contributed by atoms with Crippen LogP contribution in [0.2, 0.25) is 0 Å². The third-order valence-corrected chi connectivity index (χ3v) is 2.89. The van der Waals surface area contributed by atoms with Gasteiger partial charge in [0.05, 0.1) is 5.69 Å². The lowest BCUT2D eigenvalue weighted by Crippen LogP contribution is -2.14. The van der Waals surface area contributed by atoms with Gasteiger partial charge in [-0.05, 0) is 24.6 Å². The summed E-state index contributed by atoms with van der Waals surface area (Å²) >= 11 is 3.15. The smallest absolute Gasteiger partial charge is 0.295 e. The molecule has 0 atom stereocenters. The Labute approximate surface area is 117 Å². The van der Waals surface area contributed by atoms with Gasteiger partial charge in [0.1, 0.15) is 11.6 Å². The molecular formula is C12H12BrFN4O. The number of carbonyl (C=O) groups excluding carboxylic acids is 1. The second-order valence-electron chi connectivity index (χ2n) is 3.93. The Bertz CT molecular complexity index is 599. The minimum Gasteiger partial charge on any atom is -0.317 e. The van der Waals surface area contributed by atoms with E-state index in [0.29, 0.717) is 16.7 Å². The molecule has 0 aliphatic rings. The van der Waals surface area contributed by atoms with Crippen LogP contribution in [0.5, 0.6) is 0 Å². The zero-order valence-corrected chi connectivity index (χ0v) is 11.8. The van der Waals surface area contributed by atoms with E-state index >= 15 is 0 Å². The van der Waals surface area contributed by atoms with Crippen molar-refractivity contribution in [1.82, 2.24) is 15.2 Å². The van der Waals surface area contributed by atoms with E-state index in [2.05, 4.69) is 36.4 Å². The first-order valence-electron chi connectivity index (χ1n) is 5.78. The van der Waals surface area contributed by atoms with Gasteiger partial charge in [0.2, 0.25) is 5.82 Å². The van der Waals surface area contributed by atoms with Crippen molar-refractivity contribution >= 4 is 27.5 Å². The molecular weight excluding hydrogens is 315 g/mol. The van der Waals surface area contributed by atoms with Crippen molar-refractivity contribution in [3.8, 4) is 0 Å². The van der Waals surface area contributed by atoms with Crippen LogP contribution in [0.1, 0.15) is 29.8 Å². The molecule has 0 aliphatic heterocycles. The Morgan fingerprint density at radius 1 is 1.53 bits per heavy atom. The molecule has 2 N–H and O–H groups in total. The van der Waals surface area contributed by atoms with Gasteiger partial charge in [0, 0.05) is 10.9 Å². The van der Waals surface area contributed by atoms with E-state index < -0.39 is 11.7 Å². The summed E-state index contributed by atoms with van der Waals surface area (Å²) in [7, 11) is 0. The molecule has 2 rings (SSSR count). The maximum atomic E-state index is 13.6. The molecule has 5 nitrogen and oxygen atoms in total. The summed E-state index contributed by atoms with van der Waals surface area (Å²) in [5, 5.41) is 8.90. The molecule has 100 valence electrons. The highest BCUT2D eigenvalue weighted by atomic mass is 79.9. The number of H-pyrrole nitrogens is 1. The number of nitrogens with zero attached hydrogens (tertiary/aromatic N) is 2. The van der Waals surface area contributed by atoms with Crippen molar-refractivity contribution in [3.63, 3.8) is 0 Å². The second-order valence-corrected chi connectivity index (χ2v) is 4.85.